The molecule has 134 valence electrons. The Hall–Kier alpha value is -2.37. The number of aryl methyl sites for hydroxylation is 2. The molecule has 3 aromatic rings. The van der Waals surface area contributed by atoms with Gasteiger partial charge in [0.25, 0.3) is 5.91 Å². The summed E-state index contributed by atoms with van der Waals surface area (Å²) >= 11 is 3.49. The average molecular weight is 407 g/mol. The number of hydrogen-bond acceptors (Lipinski definition) is 9. The topological polar surface area (TPSA) is 110 Å². The van der Waals surface area contributed by atoms with E-state index in [4.69, 9.17) is 0 Å². The predicted octanol–water partition coefficient (Wildman–Crippen LogP) is 2.99. The Morgan fingerprint density at radius 2 is 2.00 bits per heavy atom. The first-order valence-electron chi connectivity index (χ1n) is 7.44. The lowest BCUT2D eigenvalue weighted by atomic mass is 10.2. The molecule has 0 bridgehead atoms. The molecule has 26 heavy (non-hydrogen) atoms. The fourth-order valence-corrected chi connectivity index (χ4v) is 4.06. The highest BCUT2D eigenvalue weighted by Gasteiger charge is 2.16. The molecule has 0 aliphatic rings. The molecule has 0 atom stereocenters. The van der Waals surface area contributed by atoms with Crippen molar-refractivity contribution in [2.75, 3.05) is 16.4 Å². The Morgan fingerprint density at radius 1 is 1.15 bits per heavy atom. The van der Waals surface area contributed by atoms with E-state index in [0.29, 0.717) is 20.0 Å². The minimum Gasteiger partial charge on any atom is -0.325 e. The number of thioether (sulfide) groups is 1. The van der Waals surface area contributed by atoms with Crippen LogP contribution in [0.3, 0.4) is 0 Å². The van der Waals surface area contributed by atoms with Gasteiger partial charge in [-0.15, -0.1) is 15.3 Å². The maximum Gasteiger partial charge on any atom is 0.271 e. The van der Waals surface area contributed by atoms with Crippen LogP contribution in [-0.4, -0.2) is 37.4 Å². The zero-order valence-electron chi connectivity index (χ0n) is 13.8. The molecule has 0 aliphatic heterocycles. The van der Waals surface area contributed by atoms with Crippen molar-refractivity contribution in [1.29, 1.82) is 0 Å². The maximum atomic E-state index is 12.1. The van der Waals surface area contributed by atoms with Gasteiger partial charge in [0.2, 0.25) is 11.0 Å². The number of amides is 2. The van der Waals surface area contributed by atoms with Gasteiger partial charge < -0.3 is 5.32 Å². The molecule has 2 amide bonds. The number of hydrogen-bond donors (Lipinski definition) is 2. The Bertz CT molecular complexity index is 939. The highest BCUT2D eigenvalue weighted by atomic mass is 32.2. The van der Waals surface area contributed by atoms with Crippen LogP contribution in [-0.2, 0) is 4.79 Å². The number of rotatable bonds is 6. The molecule has 1 aromatic carbocycles. The van der Waals surface area contributed by atoms with E-state index in [2.05, 4.69) is 30.4 Å². The van der Waals surface area contributed by atoms with Crippen molar-refractivity contribution in [3.05, 3.63) is 40.4 Å². The molecular weight excluding hydrogens is 392 g/mol. The molecule has 0 saturated carbocycles. The van der Waals surface area contributed by atoms with Crippen molar-refractivity contribution in [2.45, 2.75) is 18.2 Å². The summed E-state index contributed by atoms with van der Waals surface area (Å²) in [5.41, 5.74) is 2.40. The molecule has 2 N–H and O–H groups in total. The van der Waals surface area contributed by atoms with Crippen molar-refractivity contribution in [3.8, 4) is 0 Å². The first-order chi connectivity index (χ1) is 12.5. The zero-order valence-corrected chi connectivity index (χ0v) is 16.3. The minimum absolute atomic E-state index is 0.132. The van der Waals surface area contributed by atoms with E-state index in [1.54, 1.807) is 6.92 Å². The summed E-state index contributed by atoms with van der Waals surface area (Å²) in [5.74, 6) is -0.246. The summed E-state index contributed by atoms with van der Waals surface area (Å²) in [6, 6.07) is 7.59. The van der Waals surface area contributed by atoms with Crippen molar-refractivity contribution in [3.63, 3.8) is 0 Å². The van der Waals surface area contributed by atoms with Crippen molar-refractivity contribution in [1.82, 2.24) is 19.8 Å². The van der Waals surface area contributed by atoms with Crippen LogP contribution in [0.15, 0.2) is 28.6 Å². The average Bonchev–Trinajstić information content (AvgIpc) is 3.22. The molecular formula is C15H14N6O2S3. The van der Waals surface area contributed by atoms with Crippen LogP contribution < -0.4 is 10.6 Å². The smallest absolute Gasteiger partial charge is 0.271 e. The van der Waals surface area contributed by atoms with Gasteiger partial charge in [0.15, 0.2) is 4.34 Å². The number of aromatic nitrogens is 4. The number of benzene rings is 1. The minimum atomic E-state index is -0.317. The predicted molar refractivity (Wildman–Crippen MR) is 103 cm³/mol. The van der Waals surface area contributed by atoms with Crippen LogP contribution in [0.4, 0.5) is 10.8 Å². The molecule has 8 nitrogen and oxygen atoms in total. The lowest BCUT2D eigenvalue weighted by Gasteiger charge is -2.04. The molecule has 0 fully saturated rings. The highest BCUT2D eigenvalue weighted by Crippen LogP contribution is 2.26. The fourth-order valence-electron chi connectivity index (χ4n) is 1.96. The van der Waals surface area contributed by atoms with Crippen LogP contribution in [0.5, 0.6) is 0 Å². The molecule has 3 rings (SSSR count). The molecule has 0 saturated heterocycles. The molecule has 11 heteroatoms. The quantitative estimate of drug-likeness (QED) is 0.478. The molecule has 2 heterocycles. The normalized spacial score (nSPS) is 10.5. The summed E-state index contributed by atoms with van der Waals surface area (Å²) in [5, 5.41) is 17.5. The van der Waals surface area contributed by atoms with E-state index < -0.39 is 0 Å². The van der Waals surface area contributed by atoms with E-state index in [1.807, 2.05) is 31.2 Å². The van der Waals surface area contributed by atoms with Crippen LogP contribution in [0, 0.1) is 13.8 Å². The van der Waals surface area contributed by atoms with E-state index >= 15 is 0 Å². The van der Waals surface area contributed by atoms with Gasteiger partial charge in [0, 0.05) is 5.69 Å². The number of anilines is 2. The van der Waals surface area contributed by atoms with Crippen molar-refractivity contribution in [2.24, 2.45) is 0 Å². The van der Waals surface area contributed by atoms with Gasteiger partial charge in [-0.25, -0.2) is 0 Å². The Kier molecular flexibility index (Phi) is 5.91. The standard InChI is InChI=1S/C15H14N6O2S3/c1-8-4-3-5-10(6-8)16-11(22)7-24-15-20-19-14(25-15)17-13(23)12-9(2)18-21-26-12/h3-6H,7H2,1-2H3,(H,16,22)(H,17,19,23). The van der Waals surface area contributed by atoms with Gasteiger partial charge in [-0.05, 0) is 43.1 Å². The van der Waals surface area contributed by atoms with Gasteiger partial charge >= 0.3 is 0 Å². The van der Waals surface area contributed by atoms with Crippen molar-refractivity contribution < 1.29 is 9.59 Å². The van der Waals surface area contributed by atoms with E-state index in [-0.39, 0.29) is 17.6 Å². The Labute approximate surface area is 161 Å². The number of carbonyl (C=O) groups excluding carboxylic acids is 2. The second-order valence-corrected chi connectivity index (χ2v) is 8.18. The Morgan fingerprint density at radius 3 is 2.73 bits per heavy atom. The number of nitrogens with zero attached hydrogens (tertiary/aromatic N) is 4. The van der Waals surface area contributed by atoms with E-state index in [1.165, 1.54) is 23.1 Å². The van der Waals surface area contributed by atoms with E-state index in [9.17, 15) is 9.59 Å². The SMILES string of the molecule is Cc1cccc(NC(=O)CSc2nnc(NC(=O)c3snnc3C)s2)c1. The molecule has 0 unspecified atom stereocenters. The largest absolute Gasteiger partial charge is 0.325 e. The highest BCUT2D eigenvalue weighted by molar-refractivity contribution is 8.01. The second-order valence-electron chi connectivity index (χ2n) is 5.22. The fraction of sp³-hybridized carbons (Fsp3) is 0.200. The summed E-state index contributed by atoms with van der Waals surface area (Å²) in [4.78, 5) is 24.5. The number of carbonyl (C=O) groups is 2. The lowest BCUT2D eigenvalue weighted by molar-refractivity contribution is -0.113. The molecule has 0 spiro atoms. The summed E-state index contributed by atoms with van der Waals surface area (Å²) in [6.07, 6.45) is 0. The van der Waals surface area contributed by atoms with Gasteiger partial charge in [0.1, 0.15) is 4.88 Å². The molecule has 0 radical (unpaired) electrons. The molecule has 2 aromatic heterocycles. The first-order valence-corrected chi connectivity index (χ1v) is 10.0. The third-order valence-electron chi connectivity index (χ3n) is 3.11. The van der Waals surface area contributed by atoms with E-state index in [0.717, 1.165) is 22.8 Å². The second kappa shape index (κ2) is 8.34. The van der Waals surface area contributed by atoms with Crippen LogP contribution in [0.1, 0.15) is 20.9 Å². The van der Waals surface area contributed by atoms with Gasteiger partial charge in [-0.3, -0.25) is 14.9 Å². The van der Waals surface area contributed by atoms with Crippen molar-refractivity contribution >= 4 is 57.3 Å². The zero-order chi connectivity index (χ0) is 18.5. The van der Waals surface area contributed by atoms with Gasteiger partial charge in [-0.2, -0.15) is 0 Å². The third-order valence-corrected chi connectivity index (χ3v) is 5.91. The van der Waals surface area contributed by atoms with Crippen LogP contribution >= 0.6 is 34.6 Å². The summed E-state index contributed by atoms with van der Waals surface area (Å²) < 4.78 is 4.32. The number of nitrogens with one attached hydrogen (secondary N) is 2. The Balaban J connectivity index is 1.51. The van der Waals surface area contributed by atoms with Crippen LogP contribution in [0.25, 0.3) is 0 Å². The maximum absolute atomic E-state index is 12.1. The summed E-state index contributed by atoms with van der Waals surface area (Å²) in [7, 11) is 0. The third kappa shape index (κ3) is 4.84. The monoisotopic (exact) mass is 406 g/mol. The van der Waals surface area contributed by atoms with Gasteiger partial charge in [0.05, 0.1) is 11.4 Å². The molecule has 0 aliphatic carbocycles. The lowest BCUT2D eigenvalue weighted by Crippen LogP contribution is -2.13. The first kappa shape index (κ1) is 18.4. The van der Waals surface area contributed by atoms with Gasteiger partial charge in [-0.1, -0.05) is 39.7 Å². The van der Waals surface area contributed by atoms with Crippen LogP contribution in [0.2, 0.25) is 0 Å². The summed E-state index contributed by atoms with van der Waals surface area (Å²) in [6.45, 7) is 3.68.